The van der Waals surface area contributed by atoms with Gasteiger partial charge in [-0.25, -0.2) is 4.79 Å². The van der Waals surface area contributed by atoms with Crippen LogP contribution in [0.4, 0.5) is 4.79 Å². The first kappa shape index (κ1) is 15.1. The third-order valence-electron chi connectivity index (χ3n) is 6.54. The number of aliphatic hydroxyl groups excluding tert-OH is 1. The smallest absolute Gasteiger partial charge is 0.318 e. The van der Waals surface area contributed by atoms with Gasteiger partial charge in [-0.1, -0.05) is 0 Å². The van der Waals surface area contributed by atoms with Crippen LogP contribution in [0.5, 0.6) is 0 Å². The number of urea groups is 1. The summed E-state index contributed by atoms with van der Waals surface area (Å²) in [5, 5.41) is 13.0. The van der Waals surface area contributed by atoms with Crippen LogP contribution in [0.2, 0.25) is 0 Å². The Hall–Kier alpha value is -0.480. The van der Waals surface area contributed by atoms with Crippen molar-refractivity contribution in [3.05, 3.63) is 0 Å². The summed E-state index contributed by atoms with van der Waals surface area (Å²) >= 11 is 6.51. The first-order valence-electron chi connectivity index (χ1n) is 9.02. The van der Waals surface area contributed by atoms with E-state index in [9.17, 15) is 9.90 Å². The van der Waals surface area contributed by atoms with Gasteiger partial charge in [0.25, 0.3) is 0 Å². The van der Waals surface area contributed by atoms with Gasteiger partial charge in [0, 0.05) is 23.5 Å². The van der Waals surface area contributed by atoms with Crippen LogP contribution in [0.15, 0.2) is 0 Å². The predicted molar refractivity (Wildman–Crippen MR) is 85.9 cm³/mol. The van der Waals surface area contributed by atoms with Gasteiger partial charge in [-0.3, -0.25) is 0 Å². The number of hydrogen-bond donors (Lipinski definition) is 2. The molecule has 0 aromatic carbocycles. The van der Waals surface area contributed by atoms with Crippen molar-refractivity contribution in [1.29, 1.82) is 0 Å². The zero-order valence-electron chi connectivity index (χ0n) is 13.1. The summed E-state index contributed by atoms with van der Waals surface area (Å²) in [7, 11) is 0. The number of alkyl halides is 1. The fourth-order valence-corrected chi connectivity index (χ4v) is 5.59. The molecule has 0 aromatic rings. The van der Waals surface area contributed by atoms with E-state index in [0.717, 1.165) is 32.1 Å². The lowest BCUT2D eigenvalue weighted by Gasteiger charge is -2.53. The van der Waals surface area contributed by atoms with Crippen molar-refractivity contribution in [2.24, 2.45) is 11.8 Å². The van der Waals surface area contributed by atoms with Crippen molar-refractivity contribution in [3.8, 4) is 0 Å². The Kier molecular flexibility index (Phi) is 4.02. The molecule has 2 aliphatic carbocycles. The second-order valence-electron chi connectivity index (χ2n) is 7.91. The molecule has 5 heteroatoms. The van der Waals surface area contributed by atoms with Gasteiger partial charge < -0.3 is 15.3 Å². The summed E-state index contributed by atoms with van der Waals surface area (Å²) in [4.78, 5) is 14.6. The Morgan fingerprint density at radius 2 is 1.77 bits per heavy atom. The van der Waals surface area contributed by atoms with Gasteiger partial charge in [-0.15, -0.1) is 11.6 Å². The van der Waals surface area contributed by atoms with Crippen LogP contribution in [0.3, 0.4) is 0 Å². The minimum atomic E-state index is -0.121. The van der Waals surface area contributed by atoms with Crippen LogP contribution in [0.1, 0.15) is 57.8 Å². The summed E-state index contributed by atoms with van der Waals surface area (Å²) in [5.74, 6) is 1.01. The number of fused-ring (bicyclic) bond motifs is 2. The number of carbonyl (C=O) groups excluding carboxylic acids is 1. The number of aliphatic hydroxyl groups is 1. The number of rotatable bonds is 2. The molecule has 2 saturated carbocycles. The zero-order valence-corrected chi connectivity index (χ0v) is 13.8. The monoisotopic (exact) mass is 326 g/mol. The summed E-state index contributed by atoms with van der Waals surface area (Å²) in [5.41, 5.74) is 0. The molecule has 4 fully saturated rings. The standard InChI is InChI=1S/C17H27ClN2O2/c18-16-5-4-11(8-15(16)10-6-14(21)7-10)19-17(22)20-12-2-1-3-13(20)9-12/h10-16,21H,1-9H2,(H,19,22). The van der Waals surface area contributed by atoms with Crippen molar-refractivity contribution in [2.45, 2.75) is 87.4 Å². The van der Waals surface area contributed by atoms with Crippen LogP contribution < -0.4 is 5.32 Å². The molecule has 0 radical (unpaired) electrons. The second kappa shape index (κ2) is 5.86. The first-order valence-corrected chi connectivity index (χ1v) is 9.46. The SMILES string of the molecule is O=C(NC1CCC(Cl)C(C2CC(O)C2)C1)N1C2CCCC1C2. The molecule has 5 atom stereocenters. The fraction of sp³-hybridized carbons (Fsp3) is 0.941. The summed E-state index contributed by atoms with van der Waals surface area (Å²) in [6.07, 6.45) is 9.49. The van der Waals surface area contributed by atoms with Crippen LogP contribution in [-0.2, 0) is 0 Å². The minimum Gasteiger partial charge on any atom is -0.393 e. The first-order chi connectivity index (χ1) is 10.6. The van der Waals surface area contributed by atoms with E-state index in [2.05, 4.69) is 10.2 Å². The summed E-state index contributed by atoms with van der Waals surface area (Å²) in [6, 6.07) is 1.43. The number of halogens is 1. The molecule has 2 heterocycles. The molecule has 0 aromatic heterocycles. The lowest BCUT2D eigenvalue weighted by Crippen LogP contribution is -2.64. The molecular weight excluding hydrogens is 300 g/mol. The van der Waals surface area contributed by atoms with Crippen molar-refractivity contribution >= 4 is 17.6 Å². The molecular formula is C17H27ClN2O2. The maximum absolute atomic E-state index is 12.5. The molecule has 2 bridgehead atoms. The molecule has 4 aliphatic rings. The van der Waals surface area contributed by atoms with Gasteiger partial charge in [0.2, 0.25) is 0 Å². The summed E-state index contributed by atoms with van der Waals surface area (Å²) in [6.45, 7) is 0. The van der Waals surface area contributed by atoms with Crippen LogP contribution >= 0.6 is 11.6 Å². The van der Waals surface area contributed by atoms with E-state index < -0.39 is 0 Å². The van der Waals surface area contributed by atoms with Gasteiger partial charge in [0.05, 0.1) is 6.10 Å². The largest absolute Gasteiger partial charge is 0.393 e. The van der Waals surface area contributed by atoms with Crippen molar-refractivity contribution < 1.29 is 9.90 Å². The molecule has 124 valence electrons. The minimum absolute atomic E-state index is 0.121. The molecule has 4 nitrogen and oxygen atoms in total. The predicted octanol–water partition coefficient (Wildman–Crippen LogP) is 2.87. The maximum Gasteiger partial charge on any atom is 0.318 e. The average Bonchev–Trinajstić information content (AvgIpc) is 2.47. The van der Waals surface area contributed by atoms with E-state index >= 15 is 0 Å². The molecule has 2 aliphatic heterocycles. The van der Waals surface area contributed by atoms with Crippen molar-refractivity contribution in [2.75, 3.05) is 0 Å². The van der Waals surface area contributed by atoms with E-state index in [4.69, 9.17) is 11.6 Å². The maximum atomic E-state index is 12.5. The molecule has 5 unspecified atom stereocenters. The van der Waals surface area contributed by atoms with Gasteiger partial charge >= 0.3 is 6.03 Å². The molecule has 4 rings (SSSR count). The molecule has 0 spiro atoms. The number of nitrogens with one attached hydrogen (secondary N) is 1. The van der Waals surface area contributed by atoms with Gasteiger partial charge in [-0.2, -0.15) is 0 Å². The van der Waals surface area contributed by atoms with E-state index in [-0.39, 0.29) is 23.6 Å². The third kappa shape index (κ3) is 2.62. The molecule has 2 amide bonds. The van der Waals surface area contributed by atoms with Crippen molar-refractivity contribution in [1.82, 2.24) is 10.2 Å². The Bertz CT molecular complexity index is 426. The lowest BCUT2D eigenvalue weighted by atomic mass is 9.67. The Morgan fingerprint density at radius 3 is 2.41 bits per heavy atom. The Morgan fingerprint density at radius 1 is 1.05 bits per heavy atom. The zero-order chi connectivity index (χ0) is 15.3. The van der Waals surface area contributed by atoms with Gasteiger partial charge in [0.1, 0.15) is 0 Å². The number of amides is 2. The normalized spacial score (nSPS) is 47.4. The molecule has 2 N–H and O–H groups in total. The quantitative estimate of drug-likeness (QED) is 0.767. The van der Waals surface area contributed by atoms with E-state index in [0.29, 0.717) is 23.9 Å². The molecule has 22 heavy (non-hydrogen) atoms. The van der Waals surface area contributed by atoms with E-state index in [1.165, 1.54) is 25.7 Å². The average molecular weight is 327 g/mol. The van der Waals surface area contributed by atoms with E-state index in [1.807, 2.05) is 0 Å². The van der Waals surface area contributed by atoms with Crippen molar-refractivity contribution in [3.63, 3.8) is 0 Å². The number of piperidine rings is 1. The van der Waals surface area contributed by atoms with Gasteiger partial charge in [-0.05, 0) is 69.6 Å². The number of hydrogen-bond acceptors (Lipinski definition) is 2. The highest BCUT2D eigenvalue weighted by Gasteiger charge is 2.45. The number of carbonyl (C=O) groups is 1. The number of nitrogens with zero attached hydrogens (tertiary/aromatic N) is 1. The highest BCUT2D eigenvalue weighted by Crippen LogP contribution is 2.44. The fourth-order valence-electron chi connectivity index (χ4n) is 5.15. The third-order valence-corrected chi connectivity index (χ3v) is 7.08. The van der Waals surface area contributed by atoms with Crippen LogP contribution in [-0.4, -0.2) is 45.6 Å². The Balaban J connectivity index is 1.32. The topological polar surface area (TPSA) is 52.6 Å². The summed E-state index contributed by atoms with van der Waals surface area (Å²) < 4.78 is 0. The molecule has 2 saturated heterocycles. The van der Waals surface area contributed by atoms with Gasteiger partial charge in [0.15, 0.2) is 0 Å². The highest BCUT2D eigenvalue weighted by molar-refractivity contribution is 6.20. The lowest BCUT2D eigenvalue weighted by molar-refractivity contribution is -0.00209. The second-order valence-corrected chi connectivity index (χ2v) is 8.47. The van der Waals surface area contributed by atoms with E-state index in [1.54, 1.807) is 0 Å². The van der Waals surface area contributed by atoms with Crippen LogP contribution in [0, 0.1) is 11.8 Å². The van der Waals surface area contributed by atoms with Crippen LogP contribution in [0.25, 0.3) is 0 Å². The Labute approximate surface area is 137 Å². The highest BCUT2D eigenvalue weighted by atomic mass is 35.5.